The van der Waals surface area contributed by atoms with Crippen molar-refractivity contribution in [1.29, 1.82) is 0 Å². The lowest BCUT2D eigenvalue weighted by atomic mass is 10.0. The van der Waals surface area contributed by atoms with Crippen molar-refractivity contribution in [3.8, 4) is 0 Å². The van der Waals surface area contributed by atoms with Crippen LogP contribution in [0, 0.1) is 5.92 Å². The van der Waals surface area contributed by atoms with Crippen LogP contribution in [0.2, 0.25) is 5.02 Å². The smallest absolute Gasteiger partial charge is 0.327 e. The number of aliphatic carboxylic acids is 1. The maximum absolute atomic E-state index is 13.7. The van der Waals surface area contributed by atoms with Gasteiger partial charge in [0.05, 0.1) is 17.0 Å². The molecule has 2 N–H and O–H groups in total. The predicted molar refractivity (Wildman–Crippen MR) is 133 cm³/mol. The molecule has 0 spiro atoms. The van der Waals surface area contributed by atoms with Gasteiger partial charge in [-0.25, -0.2) is 13.2 Å². The minimum atomic E-state index is -4.33. The first-order valence-corrected chi connectivity index (χ1v) is 12.4. The quantitative estimate of drug-likeness (QED) is 0.438. The van der Waals surface area contributed by atoms with Gasteiger partial charge >= 0.3 is 5.97 Å². The number of amides is 1. The second-order valence-corrected chi connectivity index (χ2v) is 10.3. The van der Waals surface area contributed by atoms with Crippen molar-refractivity contribution in [2.75, 3.05) is 9.62 Å². The van der Waals surface area contributed by atoms with Crippen LogP contribution in [0.15, 0.2) is 83.8 Å². The average Bonchev–Trinajstić information content (AvgIpc) is 2.77. The van der Waals surface area contributed by atoms with E-state index in [-0.39, 0.29) is 33.6 Å². The Labute approximate surface area is 204 Å². The number of halogens is 1. The molecule has 3 aromatic rings. The second kappa shape index (κ2) is 10.7. The van der Waals surface area contributed by atoms with Gasteiger partial charge in [-0.15, -0.1) is 0 Å². The Kier molecular flexibility index (Phi) is 7.96. The highest BCUT2D eigenvalue weighted by molar-refractivity contribution is 7.93. The lowest BCUT2D eigenvalue weighted by Crippen LogP contribution is -2.48. The number of sulfonamides is 1. The van der Waals surface area contributed by atoms with E-state index < -0.39 is 28.0 Å². The van der Waals surface area contributed by atoms with Gasteiger partial charge in [0.25, 0.3) is 10.0 Å². The standard InChI is InChI=1S/C25H25ClN2O5S/c1-17(2)24(25(30)31)28(21-12-6-10-19(26)15-21)34(32,33)22-13-7-11-20(16-22)27-23(29)14-18-8-4-3-5-9-18/h3-13,15-17,24H,14H2,1-2H3,(H,27,29)(H,30,31). The summed E-state index contributed by atoms with van der Waals surface area (Å²) in [4.78, 5) is 24.4. The summed E-state index contributed by atoms with van der Waals surface area (Å²) in [6, 6.07) is 19.5. The fourth-order valence-corrected chi connectivity index (χ4v) is 5.51. The molecule has 0 aliphatic heterocycles. The predicted octanol–water partition coefficient (Wildman–Crippen LogP) is 4.83. The fourth-order valence-electron chi connectivity index (χ4n) is 3.55. The average molecular weight is 501 g/mol. The third kappa shape index (κ3) is 5.95. The number of hydrogen-bond acceptors (Lipinski definition) is 4. The van der Waals surface area contributed by atoms with Crippen LogP contribution in [0.1, 0.15) is 19.4 Å². The summed E-state index contributed by atoms with van der Waals surface area (Å²) in [5, 5.41) is 12.8. The third-order valence-corrected chi connectivity index (χ3v) is 7.12. The number of benzene rings is 3. The number of carbonyl (C=O) groups excluding carboxylic acids is 1. The van der Waals surface area contributed by atoms with Gasteiger partial charge in [-0.05, 0) is 47.9 Å². The molecule has 0 radical (unpaired) electrons. The number of anilines is 2. The minimum Gasteiger partial charge on any atom is -0.480 e. The van der Waals surface area contributed by atoms with Gasteiger partial charge in [0.1, 0.15) is 6.04 Å². The molecule has 0 aliphatic carbocycles. The van der Waals surface area contributed by atoms with Crippen LogP contribution in [0.3, 0.4) is 0 Å². The molecular formula is C25H25ClN2O5S. The summed E-state index contributed by atoms with van der Waals surface area (Å²) < 4.78 is 28.3. The van der Waals surface area contributed by atoms with Crippen molar-refractivity contribution >= 4 is 44.9 Å². The summed E-state index contributed by atoms with van der Waals surface area (Å²) in [6.45, 7) is 3.26. The summed E-state index contributed by atoms with van der Waals surface area (Å²) in [5.41, 5.74) is 1.23. The molecule has 0 aliphatic rings. The first-order chi connectivity index (χ1) is 16.1. The number of nitrogens with one attached hydrogen (secondary N) is 1. The Balaban J connectivity index is 1.98. The van der Waals surface area contributed by atoms with E-state index in [0.717, 1.165) is 9.87 Å². The SMILES string of the molecule is CC(C)C(C(=O)O)N(c1cccc(Cl)c1)S(=O)(=O)c1cccc(NC(=O)Cc2ccccc2)c1. The normalized spacial score (nSPS) is 12.2. The van der Waals surface area contributed by atoms with E-state index >= 15 is 0 Å². The zero-order chi connectivity index (χ0) is 24.9. The molecule has 0 saturated carbocycles. The molecule has 7 nitrogen and oxygen atoms in total. The largest absolute Gasteiger partial charge is 0.480 e. The summed E-state index contributed by atoms with van der Waals surface area (Å²) in [6.07, 6.45) is 0.126. The molecule has 0 saturated heterocycles. The molecule has 9 heteroatoms. The van der Waals surface area contributed by atoms with E-state index in [4.69, 9.17) is 11.6 Å². The Morgan fingerprint density at radius 3 is 2.26 bits per heavy atom. The van der Waals surface area contributed by atoms with Gasteiger partial charge in [-0.1, -0.05) is 67.9 Å². The highest BCUT2D eigenvalue weighted by Crippen LogP contribution is 2.31. The van der Waals surface area contributed by atoms with E-state index in [1.807, 2.05) is 30.3 Å². The van der Waals surface area contributed by atoms with Crippen LogP contribution in [-0.4, -0.2) is 31.4 Å². The molecule has 1 amide bonds. The Morgan fingerprint density at radius 2 is 1.65 bits per heavy atom. The van der Waals surface area contributed by atoms with Gasteiger partial charge in [-0.2, -0.15) is 0 Å². The Bertz CT molecular complexity index is 1280. The van der Waals surface area contributed by atoms with E-state index in [1.54, 1.807) is 32.0 Å². The monoisotopic (exact) mass is 500 g/mol. The van der Waals surface area contributed by atoms with Gasteiger partial charge in [-0.3, -0.25) is 9.10 Å². The minimum absolute atomic E-state index is 0.126. The maximum Gasteiger partial charge on any atom is 0.327 e. The lowest BCUT2D eigenvalue weighted by Gasteiger charge is -2.32. The molecule has 34 heavy (non-hydrogen) atoms. The number of rotatable bonds is 9. The molecule has 3 aromatic carbocycles. The van der Waals surface area contributed by atoms with Gasteiger partial charge in [0.15, 0.2) is 0 Å². The molecule has 3 rings (SSSR count). The van der Waals surface area contributed by atoms with Crippen molar-refractivity contribution < 1.29 is 23.1 Å². The van der Waals surface area contributed by atoms with Crippen LogP contribution < -0.4 is 9.62 Å². The number of carboxylic acid groups (broad SMARTS) is 1. The first-order valence-electron chi connectivity index (χ1n) is 10.6. The first kappa shape index (κ1) is 25.3. The molecule has 0 heterocycles. The zero-order valence-electron chi connectivity index (χ0n) is 18.7. The van der Waals surface area contributed by atoms with Crippen molar-refractivity contribution in [2.24, 2.45) is 5.92 Å². The number of carbonyl (C=O) groups is 2. The van der Waals surface area contributed by atoms with Gasteiger partial charge < -0.3 is 10.4 Å². The van der Waals surface area contributed by atoms with Gasteiger partial charge in [0.2, 0.25) is 5.91 Å². The molecule has 0 bridgehead atoms. The van der Waals surface area contributed by atoms with Crippen LogP contribution in [0.5, 0.6) is 0 Å². The van der Waals surface area contributed by atoms with E-state index in [1.165, 1.54) is 30.3 Å². The van der Waals surface area contributed by atoms with Crippen LogP contribution in [0.4, 0.5) is 11.4 Å². The maximum atomic E-state index is 13.7. The summed E-state index contributed by atoms with van der Waals surface area (Å²) >= 11 is 6.08. The zero-order valence-corrected chi connectivity index (χ0v) is 20.3. The van der Waals surface area contributed by atoms with Crippen LogP contribution in [-0.2, 0) is 26.0 Å². The van der Waals surface area contributed by atoms with Gasteiger partial charge in [0, 0.05) is 10.7 Å². The van der Waals surface area contributed by atoms with E-state index in [0.29, 0.717) is 0 Å². The second-order valence-electron chi connectivity index (χ2n) is 8.05. The third-order valence-electron chi connectivity index (χ3n) is 5.08. The Morgan fingerprint density at radius 1 is 0.971 bits per heavy atom. The van der Waals surface area contributed by atoms with E-state index in [2.05, 4.69) is 5.32 Å². The van der Waals surface area contributed by atoms with Crippen LogP contribution >= 0.6 is 11.6 Å². The molecule has 0 fully saturated rings. The van der Waals surface area contributed by atoms with Crippen LogP contribution in [0.25, 0.3) is 0 Å². The number of hydrogen-bond donors (Lipinski definition) is 2. The Hall–Kier alpha value is -3.36. The summed E-state index contributed by atoms with van der Waals surface area (Å²) in [5.74, 6) is -2.14. The molecule has 1 unspecified atom stereocenters. The van der Waals surface area contributed by atoms with E-state index in [9.17, 15) is 23.1 Å². The van der Waals surface area contributed by atoms with Crippen molar-refractivity contribution in [3.63, 3.8) is 0 Å². The highest BCUT2D eigenvalue weighted by atomic mass is 35.5. The number of carboxylic acids is 1. The molecule has 1 atom stereocenters. The van der Waals surface area contributed by atoms with Crippen molar-refractivity contribution in [3.05, 3.63) is 89.4 Å². The van der Waals surface area contributed by atoms with Crippen molar-refractivity contribution in [2.45, 2.75) is 31.2 Å². The topological polar surface area (TPSA) is 104 Å². The molecular weight excluding hydrogens is 476 g/mol. The molecule has 0 aromatic heterocycles. The molecule has 178 valence electrons. The van der Waals surface area contributed by atoms with Crippen molar-refractivity contribution in [1.82, 2.24) is 0 Å². The lowest BCUT2D eigenvalue weighted by molar-refractivity contribution is -0.139. The summed E-state index contributed by atoms with van der Waals surface area (Å²) in [7, 11) is -4.33. The number of nitrogens with zero attached hydrogens (tertiary/aromatic N) is 1. The highest BCUT2D eigenvalue weighted by Gasteiger charge is 2.38. The fraction of sp³-hybridized carbons (Fsp3) is 0.200.